The molecular formula is C17H23FN2O2. The number of hydrogen-bond acceptors (Lipinski definition) is 3. The smallest absolute Gasteiger partial charge is 0.227 e. The summed E-state index contributed by atoms with van der Waals surface area (Å²) in [5.41, 5.74) is 0.481. The molecule has 2 aliphatic heterocycles. The molecule has 1 atom stereocenters. The van der Waals surface area contributed by atoms with Gasteiger partial charge < -0.3 is 9.64 Å². The van der Waals surface area contributed by atoms with Crippen LogP contribution in [0.5, 0.6) is 0 Å². The van der Waals surface area contributed by atoms with E-state index >= 15 is 0 Å². The van der Waals surface area contributed by atoms with E-state index < -0.39 is 0 Å². The summed E-state index contributed by atoms with van der Waals surface area (Å²) in [6, 6.07) is 6.50. The van der Waals surface area contributed by atoms with Gasteiger partial charge in [-0.1, -0.05) is 18.2 Å². The molecule has 0 bridgehead atoms. The van der Waals surface area contributed by atoms with E-state index in [1.807, 2.05) is 4.90 Å². The Morgan fingerprint density at radius 1 is 1.23 bits per heavy atom. The lowest BCUT2D eigenvalue weighted by atomic mass is 10.1. The van der Waals surface area contributed by atoms with Crippen molar-refractivity contribution in [3.05, 3.63) is 35.6 Å². The number of benzene rings is 1. The number of rotatable bonds is 4. The monoisotopic (exact) mass is 306 g/mol. The third kappa shape index (κ3) is 3.84. The lowest BCUT2D eigenvalue weighted by Gasteiger charge is -2.35. The standard InChI is InChI=1S/C17H23FN2O2/c18-16-6-2-1-4-14(16)12-17(21)20-9-7-19(8-10-20)13-15-5-3-11-22-15/h1-2,4,6,15H,3,5,7-13H2/t15-/m1/s1. The summed E-state index contributed by atoms with van der Waals surface area (Å²) < 4.78 is 19.3. The summed E-state index contributed by atoms with van der Waals surface area (Å²) in [6.07, 6.45) is 2.82. The second kappa shape index (κ2) is 7.20. The second-order valence-electron chi connectivity index (χ2n) is 6.08. The fraction of sp³-hybridized carbons (Fsp3) is 0.588. The molecule has 0 aromatic heterocycles. The van der Waals surface area contributed by atoms with Gasteiger partial charge in [-0.25, -0.2) is 4.39 Å². The van der Waals surface area contributed by atoms with Crippen molar-refractivity contribution in [2.75, 3.05) is 39.3 Å². The van der Waals surface area contributed by atoms with Gasteiger partial charge in [0.05, 0.1) is 12.5 Å². The first-order valence-electron chi connectivity index (χ1n) is 8.07. The van der Waals surface area contributed by atoms with Crippen LogP contribution in [0, 0.1) is 5.82 Å². The van der Waals surface area contributed by atoms with Crippen molar-refractivity contribution < 1.29 is 13.9 Å². The van der Waals surface area contributed by atoms with Crippen molar-refractivity contribution >= 4 is 5.91 Å². The van der Waals surface area contributed by atoms with Crippen molar-refractivity contribution in [2.24, 2.45) is 0 Å². The minimum atomic E-state index is -0.298. The highest BCUT2D eigenvalue weighted by Gasteiger charge is 2.25. The van der Waals surface area contributed by atoms with E-state index in [0.717, 1.165) is 52.2 Å². The molecule has 0 N–H and O–H groups in total. The SMILES string of the molecule is O=C(Cc1ccccc1F)N1CCN(C[C@H]2CCCO2)CC1. The molecule has 120 valence electrons. The maximum absolute atomic E-state index is 13.6. The zero-order valence-electron chi connectivity index (χ0n) is 12.8. The van der Waals surface area contributed by atoms with Crippen LogP contribution in [-0.2, 0) is 16.0 Å². The summed E-state index contributed by atoms with van der Waals surface area (Å²) in [5, 5.41) is 0. The molecule has 2 heterocycles. The van der Waals surface area contributed by atoms with Crippen LogP contribution in [-0.4, -0.2) is 61.1 Å². The highest BCUT2D eigenvalue weighted by molar-refractivity contribution is 5.79. The molecule has 2 saturated heterocycles. The van der Waals surface area contributed by atoms with Gasteiger partial charge in [-0.05, 0) is 24.5 Å². The van der Waals surface area contributed by atoms with Crippen molar-refractivity contribution in [3.63, 3.8) is 0 Å². The minimum Gasteiger partial charge on any atom is -0.377 e. The Morgan fingerprint density at radius 2 is 2.00 bits per heavy atom. The Hall–Kier alpha value is -1.46. The summed E-state index contributed by atoms with van der Waals surface area (Å²) in [5.74, 6) is -0.283. The van der Waals surface area contributed by atoms with Crippen LogP contribution in [0.3, 0.4) is 0 Å². The number of piperazine rings is 1. The first-order valence-corrected chi connectivity index (χ1v) is 8.07. The topological polar surface area (TPSA) is 32.8 Å². The summed E-state index contributed by atoms with van der Waals surface area (Å²) in [7, 11) is 0. The molecule has 1 aromatic carbocycles. The Bertz CT molecular complexity index is 509. The van der Waals surface area contributed by atoms with Gasteiger partial charge in [0.1, 0.15) is 5.82 Å². The average molecular weight is 306 g/mol. The number of halogens is 1. The van der Waals surface area contributed by atoms with Gasteiger partial charge in [0, 0.05) is 39.3 Å². The Balaban J connectivity index is 1.46. The fourth-order valence-corrected chi connectivity index (χ4v) is 3.17. The Morgan fingerprint density at radius 3 is 2.68 bits per heavy atom. The molecule has 1 amide bonds. The quantitative estimate of drug-likeness (QED) is 0.849. The summed E-state index contributed by atoms with van der Waals surface area (Å²) in [6.45, 7) is 5.05. The zero-order valence-corrected chi connectivity index (χ0v) is 12.8. The van der Waals surface area contributed by atoms with Crippen molar-refractivity contribution in [3.8, 4) is 0 Å². The number of nitrogens with zero attached hydrogens (tertiary/aromatic N) is 2. The number of carbonyl (C=O) groups excluding carboxylic acids is 1. The first kappa shape index (κ1) is 15.4. The largest absolute Gasteiger partial charge is 0.377 e. The summed E-state index contributed by atoms with van der Waals surface area (Å²) >= 11 is 0. The molecule has 0 saturated carbocycles. The van der Waals surface area contributed by atoms with Gasteiger partial charge in [0.15, 0.2) is 0 Å². The number of amides is 1. The van der Waals surface area contributed by atoms with E-state index in [-0.39, 0.29) is 18.1 Å². The molecule has 4 nitrogen and oxygen atoms in total. The maximum Gasteiger partial charge on any atom is 0.227 e. The number of carbonyl (C=O) groups is 1. The van der Waals surface area contributed by atoms with E-state index in [4.69, 9.17) is 4.74 Å². The molecule has 0 aliphatic carbocycles. The number of ether oxygens (including phenoxy) is 1. The maximum atomic E-state index is 13.6. The molecule has 0 radical (unpaired) electrons. The van der Waals surface area contributed by atoms with E-state index in [1.54, 1.807) is 18.2 Å². The molecule has 1 aromatic rings. The molecule has 0 unspecified atom stereocenters. The van der Waals surface area contributed by atoms with E-state index in [1.165, 1.54) is 6.07 Å². The van der Waals surface area contributed by atoms with Crippen molar-refractivity contribution in [1.29, 1.82) is 0 Å². The highest BCUT2D eigenvalue weighted by atomic mass is 19.1. The van der Waals surface area contributed by atoms with E-state index in [0.29, 0.717) is 11.7 Å². The minimum absolute atomic E-state index is 0.0156. The zero-order chi connectivity index (χ0) is 15.4. The second-order valence-corrected chi connectivity index (χ2v) is 6.08. The highest BCUT2D eigenvalue weighted by Crippen LogP contribution is 2.15. The predicted molar refractivity (Wildman–Crippen MR) is 82.1 cm³/mol. The van der Waals surface area contributed by atoms with Crippen LogP contribution in [0.1, 0.15) is 18.4 Å². The third-order valence-corrected chi connectivity index (χ3v) is 4.51. The van der Waals surface area contributed by atoms with Crippen LogP contribution >= 0.6 is 0 Å². The lowest BCUT2D eigenvalue weighted by Crippen LogP contribution is -2.50. The van der Waals surface area contributed by atoms with Crippen LogP contribution in [0.15, 0.2) is 24.3 Å². The molecule has 22 heavy (non-hydrogen) atoms. The van der Waals surface area contributed by atoms with Gasteiger partial charge >= 0.3 is 0 Å². The third-order valence-electron chi connectivity index (χ3n) is 4.51. The molecule has 3 rings (SSSR count). The Labute approximate surface area is 130 Å². The summed E-state index contributed by atoms with van der Waals surface area (Å²) in [4.78, 5) is 16.5. The van der Waals surface area contributed by atoms with Gasteiger partial charge in [0.2, 0.25) is 5.91 Å². The average Bonchev–Trinajstić information content (AvgIpc) is 3.03. The first-order chi connectivity index (χ1) is 10.7. The molecule has 0 spiro atoms. The molecule has 2 aliphatic rings. The van der Waals surface area contributed by atoms with Crippen LogP contribution < -0.4 is 0 Å². The van der Waals surface area contributed by atoms with E-state index in [9.17, 15) is 9.18 Å². The van der Waals surface area contributed by atoms with E-state index in [2.05, 4.69) is 4.90 Å². The Kier molecular flexibility index (Phi) is 5.05. The molecule has 2 fully saturated rings. The normalized spacial score (nSPS) is 23.0. The fourth-order valence-electron chi connectivity index (χ4n) is 3.17. The van der Waals surface area contributed by atoms with Crippen molar-refractivity contribution in [1.82, 2.24) is 9.80 Å². The van der Waals surface area contributed by atoms with Gasteiger partial charge in [-0.2, -0.15) is 0 Å². The lowest BCUT2D eigenvalue weighted by molar-refractivity contribution is -0.132. The number of hydrogen-bond donors (Lipinski definition) is 0. The van der Waals surface area contributed by atoms with Gasteiger partial charge in [-0.3, -0.25) is 9.69 Å². The predicted octanol–water partition coefficient (Wildman–Crippen LogP) is 1.69. The molecular weight excluding hydrogens is 283 g/mol. The van der Waals surface area contributed by atoms with Gasteiger partial charge in [-0.15, -0.1) is 0 Å². The molecule has 5 heteroatoms. The van der Waals surface area contributed by atoms with Crippen molar-refractivity contribution in [2.45, 2.75) is 25.4 Å². The van der Waals surface area contributed by atoms with Crippen LogP contribution in [0.2, 0.25) is 0 Å². The van der Waals surface area contributed by atoms with Crippen LogP contribution in [0.25, 0.3) is 0 Å². The van der Waals surface area contributed by atoms with Gasteiger partial charge in [0.25, 0.3) is 0 Å². The van der Waals surface area contributed by atoms with Crippen LogP contribution in [0.4, 0.5) is 4.39 Å².